The molecule has 0 fully saturated rings. The first-order valence-electron chi connectivity index (χ1n) is 10.4. The first-order chi connectivity index (χ1) is 16.3. The van der Waals surface area contributed by atoms with Gasteiger partial charge in [-0.05, 0) is 24.3 Å². The number of nitrogens with two attached hydrogens (primary N) is 1. The lowest BCUT2D eigenvalue weighted by atomic mass is 9.99. The molecule has 0 atom stereocenters. The molecule has 0 saturated carbocycles. The molecule has 4 aromatic rings. The summed E-state index contributed by atoms with van der Waals surface area (Å²) in [5.41, 5.74) is 5.90. The molecule has 0 saturated heterocycles. The molecule has 8 nitrogen and oxygen atoms in total. The third kappa shape index (κ3) is 3.26. The Labute approximate surface area is 191 Å². The first-order valence-corrected chi connectivity index (χ1v) is 10.4. The lowest BCUT2D eigenvalue weighted by molar-refractivity contribution is 0.0993. The van der Waals surface area contributed by atoms with E-state index < -0.39 is 29.0 Å². The van der Waals surface area contributed by atoms with Gasteiger partial charge in [0.05, 0.1) is 35.3 Å². The quantitative estimate of drug-likeness (QED) is 0.348. The third-order valence-electron chi connectivity index (χ3n) is 5.90. The summed E-state index contributed by atoms with van der Waals surface area (Å²) in [5.74, 6) is -2.39. The van der Waals surface area contributed by atoms with Crippen LogP contribution in [0.25, 0.3) is 22.0 Å². The van der Waals surface area contributed by atoms with E-state index in [0.717, 1.165) is 6.20 Å². The molecule has 172 valence electrons. The smallest absolute Gasteiger partial charge is 0.255 e. The van der Waals surface area contributed by atoms with E-state index in [1.54, 1.807) is 12.1 Å². The SMILES string of the molecule is CC(=O)c1c(-c2ccc[nH]c2=O)c2c3c(c(F)cc2n1Cc1cc(C(N)=O)cnc1F)CCO3. The number of benzene rings is 1. The number of aromatic amines is 1. The van der Waals surface area contributed by atoms with Gasteiger partial charge in [-0.15, -0.1) is 0 Å². The summed E-state index contributed by atoms with van der Waals surface area (Å²) in [4.78, 5) is 43.4. The summed E-state index contributed by atoms with van der Waals surface area (Å²) in [5, 5.41) is 0.384. The van der Waals surface area contributed by atoms with Gasteiger partial charge in [0.1, 0.15) is 11.6 Å². The van der Waals surface area contributed by atoms with Gasteiger partial charge in [-0.2, -0.15) is 4.39 Å². The van der Waals surface area contributed by atoms with Gasteiger partial charge in [0, 0.05) is 48.0 Å². The number of primary amides is 1. The van der Waals surface area contributed by atoms with Gasteiger partial charge < -0.3 is 20.0 Å². The molecular weight excluding hydrogens is 446 g/mol. The molecule has 0 unspecified atom stereocenters. The molecule has 0 spiro atoms. The van der Waals surface area contributed by atoms with Crippen LogP contribution in [0.3, 0.4) is 0 Å². The maximum absolute atomic E-state index is 15.0. The first kappa shape index (κ1) is 21.5. The van der Waals surface area contributed by atoms with Gasteiger partial charge in [0.25, 0.3) is 5.56 Å². The Hall–Kier alpha value is -4.34. The minimum atomic E-state index is -0.877. The Morgan fingerprint density at radius 2 is 2.09 bits per heavy atom. The van der Waals surface area contributed by atoms with Crippen molar-refractivity contribution in [3.63, 3.8) is 0 Å². The maximum Gasteiger partial charge on any atom is 0.255 e. The van der Waals surface area contributed by atoms with Crippen molar-refractivity contribution in [1.82, 2.24) is 14.5 Å². The minimum Gasteiger partial charge on any atom is -0.492 e. The van der Waals surface area contributed by atoms with Crippen LogP contribution in [-0.4, -0.2) is 32.8 Å². The number of Topliss-reactive ketones (excluding diaryl/α,β-unsaturated/α-hetero) is 1. The molecule has 0 radical (unpaired) electrons. The normalized spacial score (nSPS) is 12.6. The largest absolute Gasteiger partial charge is 0.492 e. The zero-order chi connectivity index (χ0) is 24.1. The molecule has 1 amide bonds. The van der Waals surface area contributed by atoms with Crippen LogP contribution < -0.4 is 16.0 Å². The zero-order valence-electron chi connectivity index (χ0n) is 17.9. The molecule has 0 aliphatic carbocycles. The monoisotopic (exact) mass is 464 g/mol. The summed E-state index contributed by atoms with van der Waals surface area (Å²) >= 11 is 0. The van der Waals surface area contributed by atoms with E-state index in [-0.39, 0.29) is 52.4 Å². The highest BCUT2D eigenvalue weighted by molar-refractivity contribution is 6.12. The Balaban J connectivity index is 1.89. The number of hydrogen-bond donors (Lipinski definition) is 2. The lowest BCUT2D eigenvalue weighted by Crippen LogP contribution is -2.15. The Morgan fingerprint density at radius 1 is 1.29 bits per heavy atom. The van der Waals surface area contributed by atoms with Crippen molar-refractivity contribution in [3.05, 3.63) is 81.2 Å². The zero-order valence-corrected chi connectivity index (χ0v) is 17.9. The second-order valence-corrected chi connectivity index (χ2v) is 7.98. The van der Waals surface area contributed by atoms with Crippen molar-refractivity contribution >= 4 is 22.6 Å². The summed E-state index contributed by atoms with van der Waals surface area (Å²) in [6.07, 6.45) is 2.80. The number of H-pyrrole nitrogens is 1. The number of ketones is 1. The fraction of sp³-hybridized carbons (Fsp3) is 0.167. The van der Waals surface area contributed by atoms with Crippen LogP contribution >= 0.6 is 0 Å². The maximum atomic E-state index is 15.0. The summed E-state index contributed by atoms with van der Waals surface area (Å²) < 4.78 is 36.8. The van der Waals surface area contributed by atoms with Crippen LogP contribution in [0.4, 0.5) is 8.78 Å². The van der Waals surface area contributed by atoms with Crippen LogP contribution in [-0.2, 0) is 13.0 Å². The molecule has 5 rings (SSSR count). The van der Waals surface area contributed by atoms with Crippen LogP contribution in [0.1, 0.15) is 38.9 Å². The average molecular weight is 464 g/mol. The van der Waals surface area contributed by atoms with E-state index >= 15 is 4.39 Å². The molecular formula is C24H18F2N4O4. The fourth-order valence-corrected chi connectivity index (χ4v) is 4.45. The molecule has 3 N–H and O–H groups in total. The topological polar surface area (TPSA) is 120 Å². The molecule has 1 aromatic carbocycles. The lowest BCUT2D eigenvalue weighted by Gasteiger charge is -2.12. The highest BCUT2D eigenvalue weighted by Gasteiger charge is 2.31. The van der Waals surface area contributed by atoms with Gasteiger partial charge in [-0.3, -0.25) is 14.4 Å². The highest BCUT2D eigenvalue weighted by Crippen LogP contribution is 2.44. The number of rotatable bonds is 5. The van der Waals surface area contributed by atoms with Crippen molar-refractivity contribution in [3.8, 4) is 16.9 Å². The van der Waals surface area contributed by atoms with Gasteiger partial charge in [-0.25, -0.2) is 9.37 Å². The second-order valence-electron chi connectivity index (χ2n) is 7.98. The summed E-state index contributed by atoms with van der Waals surface area (Å²) in [6.45, 7) is 1.28. The number of pyridine rings is 2. The van der Waals surface area contributed by atoms with Crippen LogP contribution in [0.5, 0.6) is 5.75 Å². The molecule has 4 heterocycles. The number of nitrogens with one attached hydrogen (secondary N) is 1. The minimum absolute atomic E-state index is 0.0210. The molecule has 3 aromatic heterocycles. The molecule has 1 aliphatic heterocycles. The number of aromatic nitrogens is 3. The van der Waals surface area contributed by atoms with Crippen molar-refractivity contribution in [2.75, 3.05) is 6.61 Å². The van der Waals surface area contributed by atoms with E-state index in [1.807, 2.05) is 0 Å². The number of hydrogen-bond acceptors (Lipinski definition) is 5. The number of carbonyl (C=O) groups excluding carboxylic acids is 2. The molecule has 10 heteroatoms. The van der Waals surface area contributed by atoms with Crippen molar-refractivity contribution < 1.29 is 23.1 Å². The van der Waals surface area contributed by atoms with Crippen molar-refractivity contribution in [1.29, 1.82) is 0 Å². The number of fused-ring (bicyclic) bond motifs is 3. The van der Waals surface area contributed by atoms with Gasteiger partial charge >= 0.3 is 0 Å². The van der Waals surface area contributed by atoms with E-state index in [2.05, 4.69) is 9.97 Å². The predicted molar refractivity (Wildman–Crippen MR) is 119 cm³/mol. The predicted octanol–water partition coefficient (Wildman–Crippen LogP) is 2.95. The van der Waals surface area contributed by atoms with E-state index in [9.17, 15) is 18.8 Å². The number of carbonyl (C=O) groups is 2. The van der Waals surface area contributed by atoms with Crippen molar-refractivity contribution in [2.24, 2.45) is 5.73 Å². The van der Waals surface area contributed by atoms with Crippen LogP contribution in [0, 0.1) is 11.8 Å². The Morgan fingerprint density at radius 3 is 2.79 bits per heavy atom. The van der Waals surface area contributed by atoms with E-state index in [0.29, 0.717) is 17.4 Å². The highest BCUT2D eigenvalue weighted by atomic mass is 19.1. The molecule has 34 heavy (non-hydrogen) atoms. The Kier molecular flexibility index (Phi) is 5.00. The third-order valence-corrected chi connectivity index (χ3v) is 5.90. The number of ether oxygens (including phenoxy) is 1. The van der Waals surface area contributed by atoms with Crippen LogP contribution in [0.2, 0.25) is 0 Å². The van der Waals surface area contributed by atoms with Crippen LogP contribution in [0.15, 0.2) is 41.5 Å². The molecule has 0 bridgehead atoms. The van der Waals surface area contributed by atoms with Gasteiger partial charge in [0.2, 0.25) is 11.9 Å². The van der Waals surface area contributed by atoms with Crippen molar-refractivity contribution in [2.45, 2.75) is 19.9 Å². The summed E-state index contributed by atoms with van der Waals surface area (Å²) in [7, 11) is 0. The van der Waals surface area contributed by atoms with E-state index in [1.165, 1.54) is 29.8 Å². The standard InChI is InChI=1S/C24H18F2N4O4/c1-11(31)20-18(15-3-2-5-28-24(15)33)19-17(8-16(25)14-4-6-34-21(14)19)30(20)10-13-7-12(23(27)32)9-29-22(13)26/h2-3,5,7-9H,4,6,10H2,1H3,(H2,27,32)(H,28,33). The number of halogens is 2. The fourth-order valence-electron chi connectivity index (χ4n) is 4.45. The second kappa shape index (κ2) is 7.91. The number of nitrogens with zero attached hydrogens (tertiary/aromatic N) is 2. The van der Waals surface area contributed by atoms with Gasteiger partial charge in [-0.1, -0.05) is 0 Å². The number of amides is 1. The Bertz CT molecular complexity index is 1570. The molecule has 1 aliphatic rings. The van der Waals surface area contributed by atoms with E-state index in [4.69, 9.17) is 10.5 Å². The van der Waals surface area contributed by atoms with Gasteiger partial charge in [0.15, 0.2) is 5.78 Å². The average Bonchev–Trinajstić information content (AvgIpc) is 3.39. The summed E-state index contributed by atoms with van der Waals surface area (Å²) in [6, 6.07) is 5.63.